The van der Waals surface area contributed by atoms with Gasteiger partial charge in [-0.25, -0.2) is 4.79 Å². The lowest BCUT2D eigenvalue weighted by atomic mass is 9.91. The Kier molecular flexibility index (Phi) is 4.51. The molecule has 2 aromatic rings. The fraction of sp³-hybridized carbons (Fsp3) is 0.167. The molecule has 0 spiro atoms. The standard InChI is InChI=1S/C18H17NO3/c1-3-16(20)17(19)14-9-13(12-7-5-4-6-8-12)10-15(11(14)2)18(21)22/h4-10,19H,3H2,1-2H3,(H,21,22). The summed E-state index contributed by atoms with van der Waals surface area (Å²) in [5.74, 6) is -1.36. The number of nitrogens with one attached hydrogen (secondary N) is 1. The zero-order chi connectivity index (χ0) is 16.3. The molecule has 0 amide bonds. The molecule has 0 heterocycles. The summed E-state index contributed by atoms with van der Waals surface area (Å²) in [6, 6.07) is 12.6. The van der Waals surface area contributed by atoms with E-state index in [9.17, 15) is 14.7 Å². The van der Waals surface area contributed by atoms with Gasteiger partial charge in [-0.15, -0.1) is 0 Å². The SMILES string of the molecule is CCC(=O)C(=N)c1cc(-c2ccccc2)cc(C(=O)O)c1C. The number of hydrogen-bond donors (Lipinski definition) is 2. The molecule has 2 rings (SSSR count). The second-order valence-electron chi connectivity index (χ2n) is 5.02. The van der Waals surface area contributed by atoms with Crippen molar-refractivity contribution in [1.82, 2.24) is 0 Å². The van der Waals surface area contributed by atoms with Gasteiger partial charge in [0.05, 0.1) is 5.56 Å². The zero-order valence-corrected chi connectivity index (χ0v) is 12.5. The minimum Gasteiger partial charge on any atom is -0.478 e. The van der Waals surface area contributed by atoms with Crippen molar-refractivity contribution in [2.45, 2.75) is 20.3 Å². The van der Waals surface area contributed by atoms with E-state index in [0.717, 1.165) is 5.56 Å². The summed E-state index contributed by atoms with van der Waals surface area (Å²) in [5.41, 5.74) is 2.34. The molecule has 0 aromatic heterocycles. The summed E-state index contributed by atoms with van der Waals surface area (Å²) in [5, 5.41) is 17.4. The highest BCUT2D eigenvalue weighted by atomic mass is 16.4. The van der Waals surface area contributed by atoms with Crippen LogP contribution in [0, 0.1) is 12.3 Å². The predicted octanol–water partition coefficient (Wildman–Crippen LogP) is 3.71. The van der Waals surface area contributed by atoms with Gasteiger partial charge >= 0.3 is 5.97 Å². The molecule has 22 heavy (non-hydrogen) atoms. The van der Waals surface area contributed by atoms with Crippen LogP contribution in [0.3, 0.4) is 0 Å². The average Bonchev–Trinajstić information content (AvgIpc) is 2.54. The Morgan fingerprint density at radius 2 is 1.64 bits per heavy atom. The molecule has 0 aliphatic carbocycles. The summed E-state index contributed by atoms with van der Waals surface area (Å²) >= 11 is 0. The maximum atomic E-state index is 11.8. The molecule has 2 N–H and O–H groups in total. The quantitative estimate of drug-likeness (QED) is 0.825. The molecular formula is C18H17NO3. The van der Waals surface area contributed by atoms with E-state index in [1.165, 1.54) is 0 Å². The van der Waals surface area contributed by atoms with Crippen molar-refractivity contribution in [2.75, 3.05) is 0 Å². The molecule has 2 aromatic carbocycles. The molecule has 0 saturated carbocycles. The molecular weight excluding hydrogens is 278 g/mol. The number of hydrogen-bond acceptors (Lipinski definition) is 3. The number of carboxylic acids is 1. The Labute approximate surface area is 128 Å². The van der Waals surface area contributed by atoms with Crippen LogP contribution < -0.4 is 0 Å². The fourth-order valence-electron chi connectivity index (χ4n) is 2.32. The van der Waals surface area contributed by atoms with Crippen LogP contribution in [-0.4, -0.2) is 22.6 Å². The maximum Gasteiger partial charge on any atom is 0.335 e. The van der Waals surface area contributed by atoms with Crippen molar-refractivity contribution >= 4 is 17.5 Å². The Balaban J connectivity index is 2.68. The predicted molar refractivity (Wildman–Crippen MR) is 85.7 cm³/mol. The van der Waals surface area contributed by atoms with Crippen molar-refractivity contribution in [3.05, 3.63) is 59.2 Å². The van der Waals surface area contributed by atoms with Crippen molar-refractivity contribution in [1.29, 1.82) is 5.41 Å². The van der Waals surface area contributed by atoms with Crippen LogP contribution in [0.2, 0.25) is 0 Å². The first-order valence-corrected chi connectivity index (χ1v) is 7.01. The first-order chi connectivity index (χ1) is 10.5. The van der Waals surface area contributed by atoms with Crippen LogP contribution in [0.1, 0.15) is 34.8 Å². The van der Waals surface area contributed by atoms with E-state index in [-0.39, 0.29) is 23.5 Å². The Morgan fingerprint density at radius 3 is 2.18 bits per heavy atom. The minimum absolute atomic E-state index is 0.116. The van der Waals surface area contributed by atoms with Crippen molar-refractivity contribution in [3.8, 4) is 11.1 Å². The third kappa shape index (κ3) is 2.96. The van der Waals surface area contributed by atoms with E-state index < -0.39 is 5.97 Å². The molecule has 0 aliphatic rings. The number of benzene rings is 2. The van der Waals surface area contributed by atoms with Crippen LogP contribution in [0.15, 0.2) is 42.5 Å². The lowest BCUT2D eigenvalue weighted by molar-refractivity contribution is -0.112. The van der Waals surface area contributed by atoms with Crippen molar-refractivity contribution in [3.63, 3.8) is 0 Å². The molecule has 0 unspecified atom stereocenters. The maximum absolute atomic E-state index is 11.8. The largest absolute Gasteiger partial charge is 0.478 e. The second-order valence-corrected chi connectivity index (χ2v) is 5.02. The van der Waals surface area contributed by atoms with Gasteiger partial charge in [0.15, 0.2) is 5.78 Å². The smallest absolute Gasteiger partial charge is 0.335 e. The minimum atomic E-state index is -1.06. The van der Waals surface area contributed by atoms with E-state index >= 15 is 0 Å². The highest BCUT2D eigenvalue weighted by molar-refractivity contribution is 6.45. The van der Waals surface area contributed by atoms with Crippen molar-refractivity contribution < 1.29 is 14.7 Å². The van der Waals surface area contributed by atoms with Gasteiger partial charge in [0, 0.05) is 12.0 Å². The Hall–Kier alpha value is -2.75. The Morgan fingerprint density at radius 1 is 1.05 bits per heavy atom. The average molecular weight is 295 g/mol. The number of carbonyl (C=O) groups excluding carboxylic acids is 1. The monoisotopic (exact) mass is 295 g/mol. The number of ketones is 1. The van der Waals surface area contributed by atoms with Gasteiger partial charge < -0.3 is 5.11 Å². The molecule has 0 aliphatic heterocycles. The van der Waals surface area contributed by atoms with Crippen LogP contribution in [0.4, 0.5) is 0 Å². The van der Waals surface area contributed by atoms with Gasteiger partial charge in [0.25, 0.3) is 0 Å². The number of rotatable bonds is 5. The van der Waals surface area contributed by atoms with Gasteiger partial charge in [-0.3, -0.25) is 10.2 Å². The molecule has 0 atom stereocenters. The molecule has 4 nitrogen and oxygen atoms in total. The molecule has 0 bridgehead atoms. The van der Waals surface area contributed by atoms with Gasteiger partial charge in [-0.2, -0.15) is 0 Å². The van der Waals surface area contributed by atoms with Crippen molar-refractivity contribution in [2.24, 2.45) is 0 Å². The normalized spacial score (nSPS) is 10.3. The van der Waals surface area contributed by atoms with Crippen LogP contribution in [0.25, 0.3) is 11.1 Å². The van der Waals surface area contributed by atoms with Gasteiger partial charge in [-0.05, 0) is 35.7 Å². The summed E-state index contributed by atoms with van der Waals surface area (Å²) < 4.78 is 0. The molecule has 0 fully saturated rings. The molecule has 4 heteroatoms. The van der Waals surface area contributed by atoms with Gasteiger partial charge in [-0.1, -0.05) is 37.3 Å². The van der Waals surface area contributed by atoms with E-state index in [0.29, 0.717) is 16.7 Å². The molecule has 0 saturated heterocycles. The topological polar surface area (TPSA) is 78.2 Å². The van der Waals surface area contributed by atoms with E-state index in [1.807, 2.05) is 30.3 Å². The van der Waals surface area contributed by atoms with Gasteiger partial charge in [0.1, 0.15) is 5.71 Å². The summed E-state index contributed by atoms with van der Waals surface area (Å²) in [4.78, 5) is 23.3. The van der Waals surface area contributed by atoms with E-state index in [2.05, 4.69) is 0 Å². The van der Waals surface area contributed by atoms with E-state index in [1.54, 1.807) is 26.0 Å². The molecule has 0 radical (unpaired) electrons. The highest BCUT2D eigenvalue weighted by Gasteiger charge is 2.19. The van der Waals surface area contributed by atoms with Gasteiger partial charge in [0.2, 0.25) is 0 Å². The summed E-state index contributed by atoms with van der Waals surface area (Å²) in [6.07, 6.45) is 0.218. The zero-order valence-electron chi connectivity index (χ0n) is 12.5. The third-order valence-electron chi connectivity index (χ3n) is 3.61. The first-order valence-electron chi connectivity index (χ1n) is 7.01. The fourth-order valence-corrected chi connectivity index (χ4v) is 2.32. The third-order valence-corrected chi connectivity index (χ3v) is 3.61. The number of carbonyl (C=O) groups is 2. The lowest BCUT2D eigenvalue weighted by Gasteiger charge is -2.13. The number of aromatic carboxylic acids is 1. The first kappa shape index (κ1) is 15.6. The summed E-state index contributed by atoms with van der Waals surface area (Å²) in [7, 11) is 0. The van der Waals surface area contributed by atoms with Crippen LogP contribution in [-0.2, 0) is 4.79 Å². The number of carboxylic acid groups (broad SMARTS) is 1. The Bertz CT molecular complexity index is 748. The van der Waals surface area contributed by atoms with E-state index in [4.69, 9.17) is 5.41 Å². The van der Waals surface area contributed by atoms with Crippen LogP contribution in [0.5, 0.6) is 0 Å². The number of Topliss-reactive ketones (excluding diaryl/α,β-unsaturated/α-hetero) is 1. The van der Waals surface area contributed by atoms with Crippen LogP contribution >= 0.6 is 0 Å². The second kappa shape index (κ2) is 6.35. The molecule has 112 valence electrons. The highest BCUT2D eigenvalue weighted by Crippen LogP contribution is 2.26. The summed E-state index contributed by atoms with van der Waals surface area (Å²) in [6.45, 7) is 3.32. The lowest BCUT2D eigenvalue weighted by Crippen LogP contribution is -2.16.